The molecule has 1 aromatic carbocycles. The largest absolute Gasteiger partial charge is 0.337 e. The molecular weight excluding hydrogens is 454 g/mol. The molecule has 1 atom stereocenters. The summed E-state index contributed by atoms with van der Waals surface area (Å²) >= 11 is 4.77. The first kappa shape index (κ1) is 21.5. The number of carbonyl (C=O) groups is 3. The molecular formula is C21H24BrN3O3S. The van der Waals surface area contributed by atoms with Gasteiger partial charge in [0.05, 0.1) is 3.79 Å². The number of aryl methyl sites for hydroxylation is 1. The first-order valence-electron chi connectivity index (χ1n) is 9.48. The van der Waals surface area contributed by atoms with E-state index in [1.807, 2.05) is 44.2 Å². The van der Waals surface area contributed by atoms with E-state index in [9.17, 15) is 14.4 Å². The molecule has 3 rings (SSSR count). The zero-order chi connectivity index (χ0) is 21.2. The lowest BCUT2D eigenvalue weighted by Crippen LogP contribution is -2.44. The lowest BCUT2D eigenvalue weighted by molar-refractivity contribution is -0.139. The molecule has 6 nitrogen and oxygen atoms in total. The van der Waals surface area contributed by atoms with E-state index in [1.165, 1.54) is 11.3 Å². The van der Waals surface area contributed by atoms with Gasteiger partial charge >= 0.3 is 6.03 Å². The summed E-state index contributed by atoms with van der Waals surface area (Å²) in [6.45, 7) is 6.43. The second-order valence-electron chi connectivity index (χ2n) is 7.35. The predicted molar refractivity (Wildman–Crippen MR) is 117 cm³/mol. The summed E-state index contributed by atoms with van der Waals surface area (Å²) in [4.78, 5) is 41.9. The number of imide groups is 1. The van der Waals surface area contributed by atoms with E-state index in [0.717, 1.165) is 31.1 Å². The average molecular weight is 478 g/mol. The van der Waals surface area contributed by atoms with Crippen molar-refractivity contribution in [3.05, 3.63) is 56.2 Å². The number of nitrogens with zero attached hydrogens (tertiary/aromatic N) is 2. The molecule has 2 heterocycles. The molecule has 0 spiro atoms. The van der Waals surface area contributed by atoms with Crippen LogP contribution in [0.4, 0.5) is 4.79 Å². The maximum Gasteiger partial charge on any atom is 0.325 e. The number of hydrogen-bond acceptors (Lipinski definition) is 4. The Morgan fingerprint density at radius 3 is 2.48 bits per heavy atom. The van der Waals surface area contributed by atoms with Crippen LogP contribution in [0.1, 0.15) is 36.3 Å². The van der Waals surface area contributed by atoms with Crippen molar-refractivity contribution in [2.24, 2.45) is 0 Å². The quantitative estimate of drug-likeness (QED) is 0.612. The predicted octanol–water partition coefficient (Wildman–Crippen LogP) is 4.02. The fourth-order valence-electron chi connectivity index (χ4n) is 3.30. The lowest BCUT2D eigenvalue weighted by Gasteiger charge is -2.25. The number of thiophene rings is 1. The number of amides is 4. The molecule has 1 unspecified atom stereocenters. The third kappa shape index (κ3) is 4.53. The summed E-state index contributed by atoms with van der Waals surface area (Å²) in [5, 5.41) is 2.75. The van der Waals surface area contributed by atoms with Crippen LogP contribution >= 0.6 is 27.3 Å². The van der Waals surface area contributed by atoms with Crippen LogP contribution in [0.5, 0.6) is 0 Å². The van der Waals surface area contributed by atoms with Crippen LogP contribution in [0.15, 0.2) is 40.2 Å². The van der Waals surface area contributed by atoms with Gasteiger partial charge in [-0.15, -0.1) is 11.3 Å². The number of urea groups is 1. The molecule has 1 N–H and O–H groups in total. The third-order valence-corrected chi connectivity index (χ3v) is 6.82. The minimum absolute atomic E-state index is 0.243. The van der Waals surface area contributed by atoms with Crippen LogP contribution in [-0.4, -0.2) is 40.7 Å². The molecule has 2 aromatic rings. The second-order valence-corrected chi connectivity index (χ2v) is 9.81. The van der Waals surface area contributed by atoms with Crippen molar-refractivity contribution in [3.63, 3.8) is 0 Å². The van der Waals surface area contributed by atoms with Gasteiger partial charge in [0, 0.05) is 18.0 Å². The molecule has 1 saturated heterocycles. The van der Waals surface area contributed by atoms with Crippen molar-refractivity contribution in [2.75, 3.05) is 13.1 Å². The van der Waals surface area contributed by atoms with Crippen LogP contribution in [-0.2, 0) is 21.7 Å². The Bertz CT molecular complexity index is 928. The van der Waals surface area contributed by atoms with E-state index in [0.29, 0.717) is 13.1 Å². The van der Waals surface area contributed by atoms with Crippen LogP contribution in [0.3, 0.4) is 0 Å². The topological polar surface area (TPSA) is 69.7 Å². The maximum absolute atomic E-state index is 13.0. The fraction of sp³-hybridized carbons (Fsp3) is 0.381. The number of carbonyl (C=O) groups excluding carboxylic acids is 3. The normalized spacial score (nSPS) is 18.8. The van der Waals surface area contributed by atoms with Crippen LogP contribution in [0.25, 0.3) is 0 Å². The Kier molecular flexibility index (Phi) is 6.43. The Labute approximate surface area is 183 Å². The van der Waals surface area contributed by atoms with Gasteiger partial charge in [0.2, 0.25) is 5.91 Å². The molecule has 1 aromatic heterocycles. The van der Waals surface area contributed by atoms with Gasteiger partial charge in [-0.2, -0.15) is 0 Å². The number of nitrogens with one attached hydrogen (secondary N) is 1. The number of hydrogen-bond donors (Lipinski definition) is 1. The summed E-state index contributed by atoms with van der Waals surface area (Å²) in [7, 11) is 0. The SMILES string of the molecule is CCCN(Cc1ccc(C)cc1)C(=O)CN1C(=O)NC(C)(c2ccc(Br)s2)C1=O. The number of benzene rings is 1. The Morgan fingerprint density at radius 1 is 1.21 bits per heavy atom. The van der Waals surface area contributed by atoms with Crippen LogP contribution in [0, 0.1) is 6.92 Å². The number of halogens is 1. The number of rotatable bonds is 7. The summed E-state index contributed by atoms with van der Waals surface area (Å²) in [6, 6.07) is 11.1. The molecule has 29 heavy (non-hydrogen) atoms. The Morgan fingerprint density at radius 2 is 1.90 bits per heavy atom. The molecule has 1 aliphatic heterocycles. The molecule has 0 aliphatic carbocycles. The molecule has 1 aliphatic rings. The molecule has 0 radical (unpaired) electrons. The molecule has 154 valence electrons. The maximum atomic E-state index is 13.0. The van der Waals surface area contributed by atoms with Crippen molar-refractivity contribution in [1.29, 1.82) is 0 Å². The summed E-state index contributed by atoms with van der Waals surface area (Å²) in [5.41, 5.74) is 1.02. The van der Waals surface area contributed by atoms with E-state index in [4.69, 9.17) is 0 Å². The minimum Gasteiger partial charge on any atom is -0.337 e. The van der Waals surface area contributed by atoms with Gasteiger partial charge in [-0.25, -0.2) is 4.79 Å². The van der Waals surface area contributed by atoms with Gasteiger partial charge in [0.25, 0.3) is 5.91 Å². The van der Waals surface area contributed by atoms with Gasteiger partial charge in [-0.05, 0) is 53.9 Å². The Hall–Kier alpha value is -2.19. The molecule has 8 heteroatoms. The first-order valence-corrected chi connectivity index (χ1v) is 11.1. The highest BCUT2D eigenvalue weighted by Gasteiger charge is 2.50. The van der Waals surface area contributed by atoms with E-state index in [1.54, 1.807) is 17.9 Å². The minimum atomic E-state index is -1.15. The smallest absolute Gasteiger partial charge is 0.325 e. The van der Waals surface area contributed by atoms with E-state index < -0.39 is 17.5 Å². The molecule has 1 fully saturated rings. The Balaban J connectivity index is 1.74. The van der Waals surface area contributed by atoms with E-state index in [2.05, 4.69) is 21.2 Å². The van der Waals surface area contributed by atoms with Crippen LogP contribution < -0.4 is 5.32 Å². The van der Waals surface area contributed by atoms with Gasteiger partial charge in [-0.1, -0.05) is 36.8 Å². The van der Waals surface area contributed by atoms with E-state index >= 15 is 0 Å². The molecule has 0 bridgehead atoms. The standard InChI is InChI=1S/C21H24BrN3O3S/c1-4-11-24(12-15-7-5-14(2)6-8-15)18(26)13-25-19(27)21(3,23-20(25)28)16-9-10-17(22)29-16/h5-10H,4,11-13H2,1-3H3,(H,23,28). The first-order chi connectivity index (χ1) is 13.7. The van der Waals surface area contributed by atoms with Crippen molar-refractivity contribution in [1.82, 2.24) is 15.1 Å². The van der Waals surface area contributed by atoms with Gasteiger partial charge in [0.1, 0.15) is 6.54 Å². The summed E-state index contributed by atoms with van der Waals surface area (Å²) in [6.07, 6.45) is 0.790. The van der Waals surface area contributed by atoms with Crippen molar-refractivity contribution < 1.29 is 14.4 Å². The third-order valence-electron chi connectivity index (χ3n) is 4.97. The monoisotopic (exact) mass is 477 g/mol. The zero-order valence-corrected chi connectivity index (χ0v) is 19.1. The summed E-state index contributed by atoms with van der Waals surface area (Å²) in [5.74, 6) is -0.649. The van der Waals surface area contributed by atoms with E-state index in [-0.39, 0.29) is 12.5 Å². The highest BCUT2D eigenvalue weighted by molar-refractivity contribution is 9.11. The van der Waals surface area contributed by atoms with Gasteiger partial charge in [-0.3, -0.25) is 14.5 Å². The second kappa shape index (κ2) is 8.67. The fourth-order valence-corrected chi connectivity index (χ4v) is 4.78. The van der Waals surface area contributed by atoms with Crippen molar-refractivity contribution in [3.8, 4) is 0 Å². The zero-order valence-electron chi connectivity index (χ0n) is 16.7. The highest BCUT2D eigenvalue weighted by atomic mass is 79.9. The van der Waals surface area contributed by atoms with Crippen molar-refractivity contribution >= 4 is 45.1 Å². The average Bonchev–Trinajstić information content (AvgIpc) is 3.21. The van der Waals surface area contributed by atoms with Crippen LogP contribution in [0.2, 0.25) is 0 Å². The lowest BCUT2D eigenvalue weighted by atomic mass is 10.0. The summed E-state index contributed by atoms with van der Waals surface area (Å²) < 4.78 is 0.873. The van der Waals surface area contributed by atoms with Gasteiger partial charge in [0.15, 0.2) is 5.54 Å². The van der Waals surface area contributed by atoms with Crippen molar-refractivity contribution in [2.45, 2.75) is 39.3 Å². The van der Waals surface area contributed by atoms with Gasteiger partial charge < -0.3 is 10.2 Å². The molecule has 4 amide bonds. The molecule has 0 saturated carbocycles. The highest BCUT2D eigenvalue weighted by Crippen LogP contribution is 2.35.